The largest absolute Gasteiger partial charge is 0.480 e. The molecule has 1 aromatic heterocycles. The summed E-state index contributed by atoms with van der Waals surface area (Å²) in [7, 11) is 0. The van der Waals surface area contributed by atoms with E-state index in [2.05, 4.69) is 21.2 Å². The number of amides is 3. The molecule has 2 aliphatic heterocycles. The summed E-state index contributed by atoms with van der Waals surface area (Å²) >= 11 is 3.03. The lowest BCUT2D eigenvalue weighted by molar-refractivity contribution is -0.137. The van der Waals surface area contributed by atoms with Crippen LogP contribution in [0.2, 0.25) is 0 Å². The Morgan fingerprint density at radius 1 is 1.06 bits per heavy atom. The molecule has 3 heterocycles. The van der Waals surface area contributed by atoms with Crippen molar-refractivity contribution in [2.75, 3.05) is 25.0 Å². The number of benzene rings is 1. The van der Waals surface area contributed by atoms with Crippen LogP contribution in [-0.2, 0) is 29.1 Å². The third kappa shape index (κ3) is 4.91. The van der Waals surface area contributed by atoms with E-state index in [1.807, 2.05) is 29.2 Å². The average molecular weight is 534 g/mol. The molecule has 0 radical (unpaired) electrons. The third-order valence-corrected chi connectivity index (χ3v) is 6.74. The van der Waals surface area contributed by atoms with Crippen molar-refractivity contribution in [2.24, 2.45) is 0 Å². The first kappa shape index (κ1) is 23.7. The molecule has 0 spiro atoms. The Morgan fingerprint density at radius 3 is 2.47 bits per heavy atom. The van der Waals surface area contributed by atoms with Gasteiger partial charge in [0, 0.05) is 37.6 Å². The molecular weight excluding hydrogens is 510 g/mol. The standard InChI is InChI=1S/C22H24BrN5O6/c23-16-11-26(22(34)28(20(16)32)13-19(30)31)12-18(29)25-8-6-15(7-9-25)27-10-5-14-3-1-2-4-17(14)24-21(27)33/h1-4,11,15H,5-10,12-13H2,(H,24,33)(H,30,31). The van der Waals surface area contributed by atoms with E-state index >= 15 is 0 Å². The minimum Gasteiger partial charge on any atom is -0.480 e. The Bertz CT molecular complexity index is 1250. The molecule has 1 aromatic carbocycles. The summed E-state index contributed by atoms with van der Waals surface area (Å²) in [5, 5.41) is 11.9. The molecule has 3 amide bonds. The Balaban J connectivity index is 1.40. The molecular formula is C22H24BrN5O6. The highest BCUT2D eigenvalue weighted by molar-refractivity contribution is 9.10. The van der Waals surface area contributed by atoms with Gasteiger partial charge in [-0.2, -0.15) is 0 Å². The number of carbonyl (C=O) groups excluding carboxylic acids is 2. The van der Waals surface area contributed by atoms with Crippen LogP contribution in [0.25, 0.3) is 0 Å². The van der Waals surface area contributed by atoms with E-state index in [0.29, 0.717) is 37.0 Å². The van der Waals surface area contributed by atoms with Crippen LogP contribution in [0.1, 0.15) is 18.4 Å². The number of hydrogen-bond acceptors (Lipinski definition) is 5. The highest BCUT2D eigenvalue weighted by Crippen LogP contribution is 2.24. The molecule has 0 unspecified atom stereocenters. The molecule has 180 valence electrons. The maximum Gasteiger partial charge on any atom is 0.332 e. The van der Waals surface area contributed by atoms with Crippen LogP contribution in [-0.4, -0.2) is 67.6 Å². The number of para-hydroxylation sites is 1. The fourth-order valence-corrected chi connectivity index (χ4v) is 4.88. The van der Waals surface area contributed by atoms with Crippen LogP contribution in [0.15, 0.2) is 44.5 Å². The smallest absolute Gasteiger partial charge is 0.332 e. The quantitative estimate of drug-likeness (QED) is 0.587. The van der Waals surface area contributed by atoms with Crippen LogP contribution in [0, 0.1) is 0 Å². The van der Waals surface area contributed by atoms with Gasteiger partial charge in [-0.3, -0.25) is 19.0 Å². The number of aliphatic carboxylic acids is 1. The van der Waals surface area contributed by atoms with E-state index in [4.69, 9.17) is 5.11 Å². The summed E-state index contributed by atoms with van der Waals surface area (Å²) in [6, 6.07) is 7.57. The number of anilines is 1. The number of nitrogens with zero attached hydrogens (tertiary/aromatic N) is 4. The summed E-state index contributed by atoms with van der Waals surface area (Å²) in [4.78, 5) is 64.7. The predicted molar refractivity (Wildman–Crippen MR) is 126 cm³/mol. The maximum absolute atomic E-state index is 12.9. The van der Waals surface area contributed by atoms with Gasteiger partial charge in [0.1, 0.15) is 13.1 Å². The van der Waals surface area contributed by atoms with Gasteiger partial charge in [0.25, 0.3) is 5.56 Å². The minimum absolute atomic E-state index is 0.00645. The van der Waals surface area contributed by atoms with Gasteiger partial charge < -0.3 is 20.2 Å². The third-order valence-electron chi connectivity index (χ3n) is 6.19. The van der Waals surface area contributed by atoms with Crippen LogP contribution in [0.4, 0.5) is 10.5 Å². The number of urea groups is 1. The van der Waals surface area contributed by atoms with E-state index in [9.17, 15) is 24.0 Å². The van der Waals surface area contributed by atoms with Crippen molar-refractivity contribution in [3.8, 4) is 0 Å². The van der Waals surface area contributed by atoms with Crippen molar-refractivity contribution in [3.63, 3.8) is 0 Å². The molecule has 2 aromatic rings. The van der Waals surface area contributed by atoms with Crippen LogP contribution in [0.5, 0.6) is 0 Å². The van der Waals surface area contributed by atoms with Crippen molar-refractivity contribution in [1.82, 2.24) is 18.9 Å². The topological polar surface area (TPSA) is 134 Å². The molecule has 34 heavy (non-hydrogen) atoms. The zero-order valence-electron chi connectivity index (χ0n) is 18.3. The van der Waals surface area contributed by atoms with E-state index in [0.717, 1.165) is 22.2 Å². The van der Waals surface area contributed by atoms with Crippen LogP contribution >= 0.6 is 15.9 Å². The molecule has 11 nitrogen and oxygen atoms in total. The van der Waals surface area contributed by atoms with E-state index in [1.54, 1.807) is 4.90 Å². The second-order valence-corrected chi connectivity index (χ2v) is 9.17. The second-order valence-electron chi connectivity index (χ2n) is 8.32. The minimum atomic E-state index is -1.34. The number of nitrogens with one attached hydrogen (secondary N) is 1. The van der Waals surface area contributed by atoms with Gasteiger partial charge in [-0.25, -0.2) is 14.2 Å². The summed E-state index contributed by atoms with van der Waals surface area (Å²) in [6.45, 7) is 0.325. The number of aromatic nitrogens is 2. The number of piperidine rings is 1. The number of halogens is 1. The molecule has 0 bridgehead atoms. The number of fused-ring (bicyclic) bond motifs is 1. The Kier molecular flexibility index (Phi) is 6.87. The normalized spacial score (nSPS) is 16.6. The number of likely N-dealkylation sites (tertiary alicyclic amines) is 1. The molecule has 0 aliphatic carbocycles. The Hall–Kier alpha value is -3.41. The number of carboxylic acid groups (broad SMARTS) is 1. The van der Waals surface area contributed by atoms with Gasteiger partial charge in [-0.1, -0.05) is 18.2 Å². The van der Waals surface area contributed by atoms with E-state index in [1.165, 1.54) is 6.20 Å². The van der Waals surface area contributed by atoms with Crippen LogP contribution in [0.3, 0.4) is 0 Å². The molecule has 12 heteroatoms. The van der Waals surface area contributed by atoms with Gasteiger partial charge in [-0.05, 0) is 46.8 Å². The lowest BCUT2D eigenvalue weighted by Gasteiger charge is -2.38. The van der Waals surface area contributed by atoms with Crippen molar-refractivity contribution < 1.29 is 19.5 Å². The molecule has 0 atom stereocenters. The lowest BCUT2D eigenvalue weighted by Crippen LogP contribution is -2.51. The summed E-state index contributed by atoms with van der Waals surface area (Å²) in [6.07, 6.45) is 3.16. The first-order valence-corrected chi connectivity index (χ1v) is 11.7. The summed E-state index contributed by atoms with van der Waals surface area (Å²) in [5.74, 6) is -1.65. The van der Waals surface area contributed by atoms with Gasteiger partial charge in [0.05, 0.1) is 4.47 Å². The summed E-state index contributed by atoms with van der Waals surface area (Å²) < 4.78 is 1.59. The van der Waals surface area contributed by atoms with Gasteiger partial charge >= 0.3 is 17.7 Å². The molecule has 1 saturated heterocycles. The first-order chi connectivity index (χ1) is 16.2. The molecule has 2 aliphatic rings. The van der Waals surface area contributed by atoms with Gasteiger partial charge in [0.15, 0.2) is 0 Å². The predicted octanol–water partition coefficient (Wildman–Crippen LogP) is 0.938. The molecule has 1 fully saturated rings. The Morgan fingerprint density at radius 2 is 1.76 bits per heavy atom. The first-order valence-electron chi connectivity index (χ1n) is 10.9. The lowest BCUT2D eigenvalue weighted by atomic mass is 10.0. The molecule has 2 N–H and O–H groups in total. The average Bonchev–Trinajstić information content (AvgIpc) is 2.98. The van der Waals surface area contributed by atoms with Crippen LogP contribution < -0.4 is 16.6 Å². The Labute approximate surface area is 202 Å². The fraction of sp³-hybridized carbons (Fsp3) is 0.409. The SMILES string of the molecule is O=C(O)Cn1c(=O)c(Br)cn(CC(=O)N2CCC(N3CCc4ccccc4NC3=O)CC2)c1=O. The highest BCUT2D eigenvalue weighted by atomic mass is 79.9. The van der Waals surface area contributed by atoms with Crippen molar-refractivity contribution in [2.45, 2.75) is 38.4 Å². The van der Waals surface area contributed by atoms with Crippen molar-refractivity contribution in [1.29, 1.82) is 0 Å². The van der Waals surface area contributed by atoms with Gasteiger partial charge in [0.2, 0.25) is 5.91 Å². The van der Waals surface area contributed by atoms with Gasteiger partial charge in [-0.15, -0.1) is 0 Å². The monoisotopic (exact) mass is 533 g/mol. The zero-order chi connectivity index (χ0) is 24.4. The number of hydrogen-bond donors (Lipinski definition) is 2. The fourth-order valence-electron chi connectivity index (χ4n) is 4.42. The van der Waals surface area contributed by atoms with E-state index in [-0.39, 0.29) is 29.0 Å². The second kappa shape index (κ2) is 9.84. The number of carboxylic acids is 1. The number of carbonyl (C=O) groups is 3. The number of rotatable bonds is 5. The van der Waals surface area contributed by atoms with E-state index < -0.39 is 23.8 Å². The maximum atomic E-state index is 12.9. The van der Waals surface area contributed by atoms with Crippen molar-refractivity contribution >= 4 is 39.5 Å². The van der Waals surface area contributed by atoms with Crippen molar-refractivity contribution in [3.05, 3.63) is 61.3 Å². The zero-order valence-corrected chi connectivity index (χ0v) is 19.9. The highest BCUT2D eigenvalue weighted by Gasteiger charge is 2.31. The molecule has 0 saturated carbocycles. The molecule has 4 rings (SSSR count). The summed E-state index contributed by atoms with van der Waals surface area (Å²) in [5.41, 5.74) is 0.282.